The molecular weight excluding hydrogens is 583 g/mol. The number of hydrogen-bond acceptors (Lipinski definition) is 3. The van der Waals surface area contributed by atoms with Crippen LogP contribution < -0.4 is 14.7 Å². The highest BCUT2D eigenvalue weighted by Crippen LogP contribution is 2.46. The second-order valence-corrected chi connectivity index (χ2v) is 12.2. The third-order valence-electron chi connectivity index (χ3n) is 8.48. The molecule has 0 amide bonds. The van der Waals surface area contributed by atoms with Gasteiger partial charge in [-0.25, -0.2) is 0 Å². The van der Waals surface area contributed by atoms with Crippen molar-refractivity contribution in [3.05, 3.63) is 199 Å². The van der Waals surface area contributed by atoms with Gasteiger partial charge in [0.25, 0.3) is 0 Å². The summed E-state index contributed by atoms with van der Waals surface area (Å²) in [6, 6.07) is 65.1. The first kappa shape index (κ1) is 30.6. The van der Waals surface area contributed by atoms with Crippen molar-refractivity contribution < 1.29 is 0 Å². The third kappa shape index (κ3) is 6.58. The summed E-state index contributed by atoms with van der Waals surface area (Å²) in [6.45, 7) is 6.45. The highest BCUT2D eigenvalue weighted by molar-refractivity contribution is 5.89. The molecule has 0 unspecified atom stereocenters. The van der Waals surface area contributed by atoms with Crippen molar-refractivity contribution in [2.45, 2.75) is 20.8 Å². The number of aryl methyl sites for hydroxylation is 3. The maximum atomic E-state index is 2.36. The van der Waals surface area contributed by atoms with Gasteiger partial charge in [-0.3, -0.25) is 0 Å². The van der Waals surface area contributed by atoms with Gasteiger partial charge in [-0.15, -0.1) is 0 Å². The van der Waals surface area contributed by atoms with Gasteiger partial charge in [0, 0.05) is 34.1 Å². The van der Waals surface area contributed by atoms with Crippen molar-refractivity contribution in [2.24, 2.45) is 0 Å². The molecule has 0 radical (unpaired) electrons. The fourth-order valence-electron chi connectivity index (χ4n) is 6.34. The Balaban J connectivity index is 1.55. The Morgan fingerprint density at radius 3 is 0.729 bits per heavy atom. The monoisotopic (exact) mass is 621 g/mol. The Kier molecular flexibility index (Phi) is 8.76. The van der Waals surface area contributed by atoms with E-state index in [1.165, 1.54) is 16.7 Å². The minimum atomic E-state index is 1.06. The lowest BCUT2D eigenvalue weighted by atomic mass is 10.1. The van der Waals surface area contributed by atoms with Crippen molar-refractivity contribution >= 4 is 51.2 Å². The van der Waals surface area contributed by atoms with Gasteiger partial charge in [0.05, 0.1) is 17.1 Å². The topological polar surface area (TPSA) is 9.72 Å². The van der Waals surface area contributed by atoms with Gasteiger partial charge in [0.1, 0.15) is 0 Å². The molecule has 7 rings (SSSR count). The van der Waals surface area contributed by atoms with E-state index in [9.17, 15) is 0 Å². The highest BCUT2D eigenvalue weighted by Gasteiger charge is 2.22. The fourth-order valence-corrected chi connectivity index (χ4v) is 6.34. The smallest absolute Gasteiger partial charge is 0.0503 e. The molecule has 3 heteroatoms. The van der Waals surface area contributed by atoms with Crippen LogP contribution in [0.5, 0.6) is 0 Å². The van der Waals surface area contributed by atoms with Gasteiger partial charge in [0.2, 0.25) is 0 Å². The van der Waals surface area contributed by atoms with Gasteiger partial charge in [-0.2, -0.15) is 0 Å². The van der Waals surface area contributed by atoms with E-state index in [0.717, 1.165) is 51.2 Å². The molecule has 3 nitrogen and oxygen atoms in total. The molecule has 48 heavy (non-hydrogen) atoms. The molecule has 7 aromatic rings. The molecule has 0 fully saturated rings. The summed E-state index contributed by atoms with van der Waals surface area (Å²) in [5.41, 5.74) is 13.4. The van der Waals surface area contributed by atoms with Crippen LogP contribution >= 0.6 is 0 Å². The minimum absolute atomic E-state index is 1.06. The molecule has 0 spiro atoms. The molecular formula is C45H39N3. The lowest BCUT2D eigenvalue weighted by molar-refractivity contribution is 1.21. The first-order chi connectivity index (χ1) is 23.5. The molecule has 0 aliphatic rings. The predicted octanol–water partition coefficient (Wildman–Crippen LogP) is 13.0. The molecule has 0 saturated carbocycles. The molecule has 0 atom stereocenters. The summed E-state index contributed by atoms with van der Waals surface area (Å²) >= 11 is 0. The van der Waals surface area contributed by atoms with Crippen molar-refractivity contribution in [3.63, 3.8) is 0 Å². The number of benzene rings is 7. The largest absolute Gasteiger partial charge is 0.310 e. The van der Waals surface area contributed by atoms with E-state index < -0.39 is 0 Å². The van der Waals surface area contributed by atoms with E-state index in [0.29, 0.717) is 0 Å². The number of nitrogens with zero attached hydrogens (tertiary/aromatic N) is 3. The zero-order valence-corrected chi connectivity index (χ0v) is 27.7. The normalized spacial score (nSPS) is 10.8. The standard InChI is InChI=1S/C45H39N3/c1-34-16-13-25-40(28-34)46(37-19-7-4-8-20-37)43-31-44(47(38-21-9-5-10-22-38)41-26-14-17-35(2)29-41)33-45(32-43)48(39-23-11-6-12-24-39)42-27-15-18-36(3)30-42/h4-33H,1-3H3. The van der Waals surface area contributed by atoms with Crippen LogP contribution in [-0.2, 0) is 0 Å². The summed E-state index contributed by atoms with van der Waals surface area (Å²) in [5, 5.41) is 0. The molecule has 0 bridgehead atoms. The van der Waals surface area contributed by atoms with Crippen LogP contribution in [0.15, 0.2) is 182 Å². The molecule has 234 valence electrons. The molecule has 0 N–H and O–H groups in total. The predicted molar refractivity (Wildman–Crippen MR) is 205 cm³/mol. The second-order valence-electron chi connectivity index (χ2n) is 12.2. The van der Waals surface area contributed by atoms with Gasteiger partial charge >= 0.3 is 0 Å². The van der Waals surface area contributed by atoms with Gasteiger partial charge in [0.15, 0.2) is 0 Å². The van der Waals surface area contributed by atoms with Gasteiger partial charge in [-0.05, 0) is 128 Å². The van der Waals surface area contributed by atoms with Gasteiger partial charge < -0.3 is 14.7 Å². The lowest BCUT2D eigenvalue weighted by Gasteiger charge is -2.33. The summed E-state index contributed by atoms with van der Waals surface area (Å²) < 4.78 is 0. The van der Waals surface area contributed by atoms with E-state index in [1.807, 2.05) is 0 Å². The Morgan fingerprint density at radius 1 is 0.229 bits per heavy atom. The Morgan fingerprint density at radius 2 is 0.479 bits per heavy atom. The number of anilines is 9. The number of rotatable bonds is 9. The molecule has 0 aliphatic heterocycles. The first-order valence-electron chi connectivity index (χ1n) is 16.4. The van der Waals surface area contributed by atoms with Crippen molar-refractivity contribution in [2.75, 3.05) is 14.7 Å². The fraction of sp³-hybridized carbons (Fsp3) is 0.0667. The van der Waals surface area contributed by atoms with Gasteiger partial charge in [-0.1, -0.05) is 91.0 Å². The van der Waals surface area contributed by atoms with Crippen LogP contribution in [0.1, 0.15) is 16.7 Å². The second kappa shape index (κ2) is 13.7. The van der Waals surface area contributed by atoms with Crippen molar-refractivity contribution in [1.82, 2.24) is 0 Å². The van der Waals surface area contributed by atoms with Crippen LogP contribution in [0.2, 0.25) is 0 Å². The lowest BCUT2D eigenvalue weighted by Crippen LogP contribution is -2.16. The molecule has 7 aromatic carbocycles. The Labute approximate surface area is 284 Å². The SMILES string of the molecule is Cc1cccc(N(c2ccccc2)c2cc(N(c3ccccc3)c3cccc(C)c3)cc(N(c3ccccc3)c3cccc(C)c3)c2)c1. The first-order valence-corrected chi connectivity index (χ1v) is 16.4. The minimum Gasteiger partial charge on any atom is -0.310 e. The van der Waals surface area contributed by atoms with E-state index in [4.69, 9.17) is 0 Å². The molecule has 0 aliphatic carbocycles. The highest BCUT2D eigenvalue weighted by atomic mass is 15.2. The average Bonchev–Trinajstić information content (AvgIpc) is 3.10. The Hall–Kier alpha value is -6.06. The molecule has 0 saturated heterocycles. The van der Waals surface area contributed by atoms with E-state index in [1.54, 1.807) is 0 Å². The van der Waals surface area contributed by atoms with E-state index in [-0.39, 0.29) is 0 Å². The summed E-state index contributed by atoms with van der Waals surface area (Å²) in [4.78, 5) is 7.08. The quantitative estimate of drug-likeness (QED) is 0.159. The third-order valence-corrected chi connectivity index (χ3v) is 8.48. The number of hydrogen-bond donors (Lipinski definition) is 0. The average molecular weight is 622 g/mol. The van der Waals surface area contributed by atoms with Crippen LogP contribution in [0, 0.1) is 20.8 Å². The van der Waals surface area contributed by atoms with Crippen LogP contribution in [0.3, 0.4) is 0 Å². The zero-order chi connectivity index (χ0) is 32.9. The maximum absolute atomic E-state index is 2.36. The van der Waals surface area contributed by atoms with E-state index in [2.05, 4.69) is 217 Å². The molecule has 0 aromatic heterocycles. The van der Waals surface area contributed by atoms with Crippen molar-refractivity contribution in [1.29, 1.82) is 0 Å². The zero-order valence-electron chi connectivity index (χ0n) is 27.7. The summed E-state index contributed by atoms with van der Waals surface area (Å²) in [5.74, 6) is 0. The van der Waals surface area contributed by atoms with Crippen LogP contribution in [0.4, 0.5) is 51.2 Å². The maximum Gasteiger partial charge on any atom is 0.0503 e. The van der Waals surface area contributed by atoms with E-state index >= 15 is 0 Å². The molecule has 0 heterocycles. The number of para-hydroxylation sites is 3. The Bertz CT molecular complexity index is 1870. The summed E-state index contributed by atoms with van der Waals surface area (Å²) in [6.07, 6.45) is 0. The van der Waals surface area contributed by atoms with Crippen LogP contribution in [0.25, 0.3) is 0 Å². The van der Waals surface area contributed by atoms with Crippen molar-refractivity contribution in [3.8, 4) is 0 Å². The van der Waals surface area contributed by atoms with Crippen LogP contribution in [-0.4, -0.2) is 0 Å². The summed E-state index contributed by atoms with van der Waals surface area (Å²) in [7, 11) is 0.